The summed E-state index contributed by atoms with van der Waals surface area (Å²) in [4.78, 5) is 4.58. The molecule has 0 amide bonds. The summed E-state index contributed by atoms with van der Waals surface area (Å²) < 4.78 is 0. The number of para-hydroxylation sites is 1. The second-order valence-corrected chi connectivity index (χ2v) is 6.33. The van der Waals surface area contributed by atoms with E-state index in [1.165, 1.54) is 11.1 Å². The average molecular weight is 256 g/mol. The second kappa shape index (κ2) is 5.20. The predicted molar refractivity (Wildman–Crippen MR) is 83.6 cm³/mol. The number of aromatic nitrogens is 1. The van der Waals surface area contributed by atoms with Crippen molar-refractivity contribution in [1.29, 1.82) is 0 Å². The van der Waals surface area contributed by atoms with Crippen molar-refractivity contribution in [2.24, 2.45) is 11.3 Å². The van der Waals surface area contributed by atoms with E-state index in [1.54, 1.807) is 0 Å². The van der Waals surface area contributed by atoms with Gasteiger partial charge in [0.2, 0.25) is 0 Å². The van der Waals surface area contributed by atoms with Crippen LogP contribution in [0.1, 0.15) is 33.4 Å². The number of aryl methyl sites for hydroxylation is 1. The molecule has 0 radical (unpaired) electrons. The molecular formula is C17H24N2. The van der Waals surface area contributed by atoms with Gasteiger partial charge in [0.05, 0.1) is 5.52 Å². The van der Waals surface area contributed by atoms with Gasteiger partial charge in [-0.15, -0.1) is 0 Å². The summed E-state index contributed by atoms with van der Waals surface area (Å²) in [6.45, 7) is 12.2. The lowest BCUT2D eigenvalue weighted by Gasteiger charge is -2.30. The van der Waals surface area contributed by atoms with Gasteiger partial charge in [-0.05, 0) is 30.4 Å². The highest BCUT2D eigenvalue weighted by Crippen LogP contribution is 2.28. The molecule has 1 heterocycles. The molecule has 0 saturated carbocycles. The Morgan fingerprint density at radius 3 is 2.58 bits per heavy atom. The zero-order valence-corrected chi connectivity index (χ0v) is 12.6. The van der Waals surface area contributed by atoms with Crippen LogP contribution in [0.25, 0.3) is 10.9 Å². The molecule has 0 aliphatic rings. The standard InChI is InChI=1S/C17H24N2/c1-12(2)17(4,5)11-18-16-10-13(3)19-15-9-7-6-8-14(15)16/h6-10,12H,11H2,1-5H3,(H,18,19). The Morgan fingerprint density at radius 2 is 1.89 bits per heavy atom. The molecule has 2 rings (SSSR count). The lowest BCUT2D eigenvalue weighted by Crippen LogP contribution is -2.28. The topological polar surface area (TPSA) is 24.9 Å². The van der Waals surface area contributed by atoms with Crippen LogP contribution in [0.2, 0.25) is 0 Å². The quantitative estimate of drug-likeness (QED) is 0.862. The fourth-order valence-corrected chi connectivity index (χ4v) is 1.98. The highest BCUT2D eigenvalue weighted by molar-refractivity contribution is 5.91. The molecule has 0 bridgehead atoms. The third-order valence-corrected chi connectivity index (χ3v) is 4.14. The summed E-state index contributed by atoms with van der Waals surface area (Å²) in [6, 6.07) is 10.4. The smallest absolute Gasteiger partial charge is 0.0725 e. The molecule has 2 heteroatoms. The van der Waals surface area contributed by atoms with Gasteiger partial charge < -0.3 is 5.32 Å². The fourth-order valence-electron chi connectivity index (χ4n) is 1.98. The van der Waals surface area contributed by atoms with Crippen LogP contribution in [0.5, 0.6) is 0 Å². The second-order valence-electron chi connectivity index (χ2n) is 6.33. The van der Waals surface area contributed by atoms with Gasteiger partial charge in [0, 0.05) is 23.3 Å². The molecule has 1 N–H and O–H groups in total. The van der Waals surface area contributed by atoms with Crippen molar-refractivity contribution in [2.75, 3.05) is 11.9 Å². The van der Waals surface area contributed by atoms with Crippen molar-refractivity contribution in [2.45, 2.75) is 34.6 Å². The normalized spacial score (nSPS) is 12.1. The number of nitrogens with one attached hydrogen (secondary N) is 1. The zero-order chi connectivity index (χ0) is 14.0. The van der Waals surface area contributed by atoms with Crippen molar-refractivity contribution >= 4 is 16.6 Å². The highest BCUT2D eigenvalue weighted by Gasteiger charge is 2.22. The Bertz CT molecular complexity index is 570. The van der Waals surface area contributed by atoms with Crippen molar-refractivity contribution in [3.8, 4) is 0 Å². The number of hydrogen-bond acceptors (Lipinski definition) is 2. The first-order chi connectivity index (χ1) is 8.90. The van der Waals surface area contributed by atoms with Crippen LogP contribution in [0.15, 0.2) is 30.3 Å². The van der Waals surface area contributed by atoms with Crippen molar-refractivity contribution < 1.29 is 0 Å². The SMILES string of the molecule is Cc1cc(NCC(C)(C)C(C)C)c2ccccc2n1. The van der Waals surface area contributed by atoms with E-state index < -0.39 is 0 Å². The van der Waals surface area contributed by atoms with Crippen molar-refractivity contribution in [3.05, 3.63) is 36.0 Å². The molecule has 102 valence electrons. The van der Waals surface area contributed by atoms with Crippen LogP contribution in [0.4, 0.5) is 5.69 Å². The van der Waals surface area contributed by atoms with E-state index in [2.05, 4.69) is 62.3 Å². The molecular weight excluding hydrogens is 232 g/mol. The summed E-state index contributed by atoms with van der Waals surface area (Å²) in [5, 5.41) is 4.81. The van der Waals surface area contributed by atoms with Gasteiger partial charge in [0.15, 0.2) is 0 Å². The van der Waals surface area contributed by atoms with Gasteiger partial charge >= 0.3 is 0 Å². The summed E-state index contributed by atoms with van der Waals surface area (Å²) in [5.74, 6) is 0.647. The van der Waals surface area contributed by atoms with E-state index in [1.807, 2.05) is 13.0 Å². The highest BCUT2D eigenvalue weighted by atomic mass is 14.9. The minimum Gasteiger partial charge on any atom is -0.384 e. The molecule has 2 nitrogen and oxygen atoms in total. The minimum atomic E-state index is 0.276. The van der Waals surface area contributed by atoms with Crippen LogP contribution in [0, 0.1) is 18.3 Å². The third-order valence-electron chi connectivity index (χ3n) is 4.14. The molecule has 1 aromatic heterocycles. The molecule has 1 aromatic carbocycles. The maximum absolute atomic E-state index is 4.58. The van der Waals surface area contributed by atoms with Gasteiger partial charge in [-0.1, -0.05) is 45.9 Å². The van der Waals surface area contributed by atoms with Crippen molar-refractivity contribution in [1.82, 2.24) is 4.98 Å². The van der Waals surface area contributed by atoms with Gasteiger partial charge in [0.25, 0.3) is 0 Å². The number of anilines is 1. The lowest BCUT2D eigenvalue weighted by atomic mass is 9.81. The molecule has 0 saturated heterocycles. The van der Waals surface area contributed by atoms with Crippen LogP contribution < -0.4 is 5.32 Å². The molecule has 0 aliphatic carbocycles. The van der Waals surface area contributed by atoms with Gasteiger partial charge in [-0.2, -0.15) is 0 Å². The Labute approximate surface area is 116 Å². The van der Waals surface area contributed by atoms with Crippen LogP contribution in [0.3, 0.4) is 0 Å². The summed E-state index contributed by atoms with van der Waals surface area (Å²) >= 11 is 0. The molecule has 2 aromatic rings. The van der Waals surface area contributed by atoms with E-state index in [4.69, 9.17) is 0 Å². The zero-order valence-electron chi connectivity index (χ0n) is 12.6. The van der Waals surface area contributed by atoms with Gasteiger partial charge in [0.1, 0.15) is 0 Å². The largest absolute Gasteiger partial charge is 0.384 e. The predicted octanol–water partition coefficient (Wildman–Crippen LogP) is 4.64. The summed E-state index contributed by atoms with van der Waals surface area (Å²) in [7, 11) is 0. The Morgan fingerprint density at radius 1 is 1.21 bits per heavy atom. The maximum atomic E-state index is 4.58. The van der Waals surface area contributed by atoms with E-state index in [0.29, 0.717) is 5.92 Å². The van der Waals surface area contributed by atoms with Crippen LogP contribution in [-0.2, 0) is 0 Å². The Kier molecular flexibility index (Phi) is 3.79. The molecule has 0 unspecified atom stereocenters. The van der Waals surface area contributed by atoms with Crippen molar-refractivity contribution in [3.63, 3.8) is 0 Å². The molecule has 0 aliphatic heterocycles. The van der Waals surface area contributed by atoms with E-state index >= 15 is 0 Å². The van der Waals surface area contributed by atoms with Crippen LogP contribution in [-0.4, -0.2) is 11.5 Å². The summed E-state index contributed by atoms with van der Waals surface area (Å²) in [5.41, 5.74) is 3.59. The molecule has 19 heavy (non-hydrogen) atoms. The van der Waals surface area contributed by atoms with Crippen LogP contribution >= 0.6 is 0 Å². The lowest BCUT2D eigenvalue weighted by molar-refractivity contribution is 0.270. The number of benzene rings is 1. The number of pyridine rings is 1. The number of rotatable bonds is 4. The Hall–Kier alpha value is -1.57. The Balaban J connectivity index is 2.30. The monoisotopic (exact) mass is 256 g/mol. The van der Waals surface area contributed by atoms with E-state index in [9.17, 15) is 0 Å². The fraction of sp³-hybridized carbons (Fsp3) is 0.471. The first-order valence-electron chi connectivity index (χ1n) is 7.00. The minimum absolute atomic E-state index is 0.276. The molecule has 0 fully saturated rings. The molecule has 0 spiro atoms. The number of hydrogen-bond donors (Lipinski definition) is 1. The first-order valence-corrected chi connectivity index (χ1v) is 7.00. The molecule has 0 atom stereocenters. The van der Waals surface area contributed by atoms with E-state index in [0.717, 1.165) is 17.8 Å². The average Bonchev–Trinajstić information content (AvgIpc) is 2.35. The van der Waals surface area contributed by atoms with E-state index in [-0.39, 0.29) is 5.41 Å². The van der Waals surface area contributed by atoms with Gasteiger partial charge in [-0.25, -0.2) is 0 Å². The number of fused-ring (bicyclic) bond motifs is 1. The third kappa shape index (κ3) is 3.06. The maximum Gasteiger partial charge on any atom is 0.0725 e. The number of nitrogens with zero attached hydrogens (tertiary/aromatic N) is 1. The first kappa shape index (κ1) is 13.9. The summed E-state index contributed by atoms with van der Waals surface area (Å²) in [6.07, 6.45) is 0. The van der Waals surface area contributed by atoms with Gasteiger partial charge in [-0.3, -0.25) is 4.98 Å².